The van der Waals surface area contributed by atoms with E-state index in [1.807, 2.05) is 39.0 Å². The lowest BCUT2D eigenvalue weighted by atomic mass is 9.98. The van der Waals surface area contributed by atoms with Crippen LogP contribution in [-0.4, -0.2) is 30.0 Å². The maximum absolute atomic E-state index is 10.4. The molecular formula is C20H20N4O2S. The van der Waals surface area contributed by atoms with Gasteiger partial charge in [0.05, 0.1) is 11.3 Å². The second-order valence-corrected chi connectivity index (χ2v) is 7.38. The Balaban J connectivity index is 1.94. The van der Waals surface area contributed by atoms with E-state index in [0.717, 1.165) is 27.8 Å². The third-order valence-corrected chi connectivity index (χ3v) is 4.95. The highest BCUT2D eigenvalue weighted by atomic mass is 32.1. The summed E-state index contributed by atoms with van der Waals surface area (Å²) in [5.74, 6) is 0.603. The molecule has 4 rings (SSSR count). The normalized spacial score (nSPS) is 11.6. The van der Waals surface area contributed by atoms with Crippen LogP contribution in [0, 0.1) is 11.7 Å². The molecule has 0 bridgehead atoms. The average molecular weight is 380 g/mol. The molecule has 7 heteroatoms. The number of aromatic nitrogens is 4. The molecule has 6 nitrogen and oxygen atoms in total. The first kappa shape index (κ1) is 17.4. The predicted molar refractivity (Wildman–Crippen MR) is 108 cm³/mol. The third kappa shape index (κ3) is 2.90. The number of nitrogens with one attached hydrogen (secondary N) is 2. The van der Waals surface area contributed by atoms with Gasteiger partial charge in [-0.3, -0.25) is 9.67 Å². The quantitative estimate of drug-likeness (QED) is 0.380. The second kappa shape index (κ2) is 6.28. The van der Waals surface area contributed by atoms with Crippen LogP contribution < -0.4 is 0 Å². The first-order chi connectivity index (χ1) is 12.8. The molecule has 0 aliphatic rings. The van der Waals surface area contributed by atoms with E-state index in [1.54, 1.807) is 10.6 Å². The lowest BCUT2D eigenvalue weighted by Gasteiger charge is -2.13. The largest absolute Gasteiger partial charge is 0.508 e. The number of hydrogen-bond donors (Lipinski definition) is 4. The minimum Gasteiger partial charge on any atom is -0.508 e. The molecule has 0 radical (unpaired) electrons. The highest BCUT2D eigenvalue weighted by Crippen LogP contribution is 2.38. The van der Waals surface area contributed by atoms with E-state index in [0.29, 0.717) is 16.2 Å². The van der Waals surface area contributed by atoms with Crippen LogP contribution >= 0.6 is 12.2 Å². The van der Waals surface area contributed by atoms with Gasteiger partial charge in [-0.15, -0.1) is 0 Å². The lowest BCUT2D eigenvalue weighted by molar-refractivity contribution is 0.444. The van der Waals surface area contributed by atoms with Gasteiger partial charge in [-0.05, 0) is 61.0 Å². The molecule has 0 spiro atoms. The lowest BCUT2D eigenvalue weighted by Crippen LogP contribution is -1.99. The number of hydrogen-bond acceptors (Lipinski definition) is 4. The van der Waals surface area contributed by atoms with Crippen LogP contribution in [0.4, 0.5) is 0 Å². The molecule has 0 unspecified atom stereocenters. The Kier molecular flexibility index (Phi) is 4.04. The average Bonchev–Trinajstić information content (AvgIpc) is 3.15. The number of rotatable bonds is 3. The highest BCUT2D eigenvalue weighted by molar-refractivity contribution is 7.71. The number of phenolic OH excluding ortho intramolecular Hbond substituents is 2. The Labute approximate surface area is 161 Å². The van der Waals surface area contributed by atoms with Crippen LogP contribution in [0.5, 0.6) is 11.5 Å². The fraction of sp³-hybridized carbons (Fsp3) is 0.200. The molecule has 2 heterocycles. The highest BCUT2D eigenvalue weighted by Gasteiger charge is 2.18. The first-order valence-electron chi connectivity index (χ1n) is 8.68. The molecule has 138 valence electrons. The van der Waals surface area contributed by atoms with E-state index in [-0.39, 0.29) is 17.4 Å². The minimum atomic E-state index is -0.0503. The third-order valence-electron chi connectivity index (χ3n) is 4.68. The van der Waals surface area contributed by atoms with Crippen LogP contribution in [0.2, 0.25) is 0 Å². The number of fused-ring (bicyclic) bond motifs is 1. The van der Waals surface area contributed by atoms with E-state index in [1.165, 1.54) is 6.07 Å². The molecule has 0 atom stereocenters. The number of H-pyrrole nitrogens is 2. The smallest absolute Gasteiger partial charge is 0.200 e. The van der Waals surface area contributed by atoms with Gasteiger partial charge in [-0.1, -0.05) is 13.8 Å². The SMILES string of the molecule is Cc1cc2cc(-n3c(-c4cc(C(C)C)c(O)cc4O)n[nH]c3=S)ccc2[nH]1. The van der Waals surface area contributed by atoms with Gasteiger partial charge in [0, 0.05) is 22.7 Å². The molecule has 0 aliphatic carbocycles. The van der Waals surface area contributed by atoms with Crippen LogP contribution in [0.3, 0.4) is 0 Å². The van der Waals surface area contributed by atoms with Crippen molar-refractivity contribution in [3.8, 4) is 28.6 Å². The molecule has 0 aliphatic heterocycles. The number of benzene rings is 2. The number of aromatic amines is 2. The van der Waals surface area contributed by atoms with E-state index in [2.05, 4.69) is 21.2 Å². The Hall–Kier alpha value is -3.06. The van der Waals surface area contributed by atoms with Gasteiger partial charge in [0.15, 0.2) is 10.6 Å². The summed E-state index contributed by atoms with van der Waals surface area (Å²) in [6.45, 7) is 5.97. The second-order valence-electron chi connectivity index (χ2n) is 6.99. The Morgan fingerprint density at radius 1 is 1.07 bits per heavy atom. The summed E-state index contributed by atoms with van der Waals surface area (Å²) in [6.07, 6.45) is 0. The number of phenols is 2. The number of aromatic hydroxyl groups is 2. The summed E-state index contributed by atoms with van der Waals surface area (Å²) < 4.78 is 2.21. The molecule has 27 heavy (non-hydrogen) atoms. The fourth-order valence-electron chi connectivity index (χ4n) is 3.36. The maximum atomic E-state index is 10.4. The minimum absolute atomic E-state index is 0.0503. The van der Waals surface area contributed by atoms with Crippen molar-refractivity contribution < 1.29 is 10.2 Å². The summed E-state index contributed by atoms with van der Waals surface area (Å²) in [5, 5.41) is 28.8. The van der Waals surface area contributed by atoms with Crippen LogP contribution in [-0.2, 0) is 0 Å². The van der Waals surface area contributed by atoms with Crippen molar-refractivity contribution in [2.45, 2.75) is 26.7 Å². The molecule has 4 aromatic rings. The summed E-state index contributed by atoms with van der Waals surface area (Å²) in [4.78, 5) is 3.30. The topological polar surface area (TPSA) is 89.9 Å². The van der Waals surface area contributed by atoms with Gasteiger partial charge >= 0.3 is 0 Å². The predicted octanol–water partition coefficient (Wildman–Crippen LogP) is 4.92. The van der Waals surface area contributed by atoms with E-state index in [4.69, 9.17) is 12.2 Å². The van der Waals surface area contributed by atoms with Crippen molar-refractivity contribution in [3.63, 3.8) is 0 Å². The molecular weight excluding hydrogens is 360 g/mol. The summed E-state index contributed by atoms with van der Waals surface area (Å²) in [6, 6.07) is 11.1. The van der Waals surface area contributed by atoms with Crippen LogP contribution in [0.15, 0.2) is 36.4 Å². The first-order valence-corrected chi connectivity index (χ1v) is 9.09. The zero-order valence-corrected chi connectivity index (χ0v) is 16.1. The standard InChI is InChI=1S/C20H20N4O2S/c1-10(2)14-8-15(18(26)9-17(14)25)19-22-23-20(27)24(19)13-4-5-16-12(7-13)6-11(3)21-16/h4-10,21,25-26H,1-3H3,(H,23,27). The summed E-state index contributed by atoms with van der Waals surface area (Å²) in [5.41, 5.74) is 4.21. The van der Waals surface area contributed by atoms with Gasteiger partial charge in [-0.25, -0.2) is 0 Å². The van der Waals surface area contributed by atoms with Gasteiger partial charge < -0.3 is 15.2 Å². The number of nitrogens with zero attached hydrogens (tertiary/aromatic N) is 2. The van der Waals surface area contributed by atoms with Crippen molar-refractivity contribution in [2.75, 3.05) is 0 Å². The van der Waals surface area contributed by atoms with Crippen LogP contribution in [0.1, 0.15) is 31.0 Å². The summed E-state index contributed by atoms with van der Waals surface area (Å²) in [7, 11) is 0. The Bertz CT molecular complexity index is 1220. The maximum Gasteiger partial charge on any atom is 0.200 e. The van der Waals surface area contributed by atoms with Gasteiger partial charge in [0.25, 0.3) is 0 Å². The van der Waals surface area contributed by atoms with Crippen LogP contribution in [0.25, 0.3) is 28.0 Å². The molecule has 2 aromatic heterocycles. The van der Waals surface area contributed by atoms with Crippen molar-refractivity contribution in [2.24, 2.45) is 0 Å². The van der Waals surface area contributed by atoms with Crippen molar-refractivity contribution in [1.29, 1.82) is 0 Å². The van der Waals surface area contributed by atoms with Crippen molar-refractivity contribution >= 4 is 23.1 Å². The molecule has 2 aromatic carbocycles. The molecule has 0 fully saturated rings. The van der Waals surface area contributed by atoms with Gasteiger partial charge in [0.2, 0.25) is 0 Å². The van der Waals surface area contributed by atoms with E-state index >= 15 is 0 Å². The van der Waals surface area contributed by atoms with Gasteiger partial charge in [0.1, 0.15) is 11.5 Å². The molecule has 4 N–H and O–H groups in total. The fourth-order valence-corrected chi connectivity index (χ4v) is 3.59. The molecule has 0 saturated heterocycles. The number of aryl methyl sites for hydroxylation is 1. The van der Waals surface area contributed by atoms with E-state index < -0.39 is 0 Å². The Morgan fingerprint density at radius 2 is 1.85 bits per heavy atom. The van der Waals surface area contributed by atoms with Crippen molar-refractivity contribution in [3.05, 3.63) is 52.4 Å². The Morgan fingerprint density at radius 3 is 2.59 bits per heavy atom. The van der Waals surface area contributed by atoms with E-state index in [9.17, 15) is 10.2 Å². The molecule has 0 amide bonds. The zero-order valence-electron chi connectivity index (χ0n) is 15.2. The monoisotopic (exact) mass is 380 g/mol. The summed E-state index contributed by atoms with van der Waals surface area (Å²) >= 11 is 5.44. The molecule has 0 saturated carbocycles. The van der Waals surface area contributed by atoms with Crippen molar-refractivity contribution in [1.82, 2.24) is 19.7 Å². The zero-order chi connectivity index (χ0) is 19.3. The van der Waals surface area contributed by atoms with Gasteiger partial charge in [-0.2, -0.15) is 5.10 Å².